The zero-order valence-corrected chi connectivity index (χ0v) is 6.14. The van der Waals surface area contributed by atoms with Crippen LogP contribution in [0, 0.1) is 11.2 Å². The standard InChI is InChI=1S/C6H4ClFN3/c7-5-3-4(8)1-2-6(5)10-11-9/h1-3,10H/q+1. The number of benzene rings is 1. The van der Waals surface area contributed by atoms with E-state index in [1.807, 2.05) is 0 Å². The zero-order valence-electron chi connectivity index (χ0n) is 5.38. The first-order valence-corrected chi connectivity index (χ1v) is 3.17. The third-order valence-electron chi connectivity index (χ3n) is 1.10. The van der Waals surface area contributed by atoms with E-state index in [2.05, 4.69) is 10.5 Å². The third-order valence-corrected chi connectivity index (χ3v) is 1.41. The van der Waals surface area contributed by atoms with E-state index in [9.17, 15) is 4.39 Å². The van der Waals surface area contributed by atoms with E-state index in [0.717, 1.165) is 6.07 Å². The van der Waals surface area contributed by atoms with Crippen molar-refractivity contribution in [3.05, 3.63) is 34.1 Å². The topological polar surface area (TPSA) is 40.2 Å². The summed E-state index contributed by atoms with van der Waals surface area (Å²) in [5, 5.41) is 10.9. The second kappa shape index (κ2) is 3.17. The minimum Gasteiger partial charge on any atom is -0.207 e. The van der Waals surface area contributed by atoms with Crippen LogP contribution in [0.4, 0.5) is 10.1 Å². The lowest BCUT2D eigenvalue weighted by Gasteiger charge is -1.92. The van der Waals surface area contributed by atoms with Crippen LogP contribution in [0.15, 0.2) is 18.2 Å². The summed E-state index contributed by atoms with van der Waals surface area (Å²) in [4.78, 5) is 0. The lowest BCUT2D eigenvalue weighted by atomic mass is 10.3. The largest absolute Gasteiger partial charge is 0.308 e. The number of rotatable bonds is 1. The van der Waals surface area contributed by atoms with Gasteiger partial charge in [0.1, 0.15) is 11.5 Å². The molecule has 1 aromatic carbocycles. The predicted octanol–water partition coefficient (Wildman–Crippen LogP) is 2.66. The van der Waals surface area contributed by atoms with Gasteiger partial charge in [0, 0.05) is 0 Å². The van der Waals surface area contributed by atoms with Crippen LogP contribution in [0.5, 0.6) is 0 Å². The number of hydrogen-bond donors (Lipinski definition) is 1. The highest BCUT2D eigenvalue weighted by atomic mass is 35.5. The molecule has 0 saturated heterocycles. The molecule has 0 bridgehead atoms. The highest BCUT2D eigenvalue weighted by Gasteiger charge is 2.04. The van der Waals surface area contributed by atoms with E-state index in [1.54, 1.807) is 0 Å². The van der Waals surface area contributed by atoms with Gasteiger partial charge in [0.15, 0.2) is 0 Å². The van der Waals surface area contributed by atoms with E-state index in [-0.39, 0.29) is 5.02 Å². The second-order valence-electron chi connectivity index (χ2n) is 1.84. The van der Waals surface area contributed by atoms with Crippen LogP contribution in [-0.2, 0) is 0 Å². The van der Waals surface area contributed by atoms with Crippen molar-refractivity contribution in [1.29, 1.82) is 5.39 Å². The molecule has 11 heavy (non-hydrogen) atoms. The Kier molecular flexibility index (Phi) is 2.24. The molecule has 1 N–H and O–H groups in total. The van der Waals surface area contributed by atoms with Crippen molar-refractivity contribution >= 4 is 17.3 Å². The Morgan fingerprint density at radius 2 is 2.27 bits per heavy atom. The van der Waals surface area contributed by atoms with Crippen LogP contribution < -0.4 is 5.43 Å². The Morgan fingerprint density at radius 3 is 2.82 bits per heavy atom. The molecule has 0 saturated carbocycles. The van der Waals surface area contributed by atoms with Gasteiger partial charge >= 0.3 is 5.08 Å². The molecule has 1 aromatic rings. The summed E-state index contributed by atoms with van der Waals surface area (Å²) in [6.45, 7) is 0. The van der Waals surface area contributed by atoms with Gasteiger partial charge in [-0.05, 0) is 23.6 Å². The van der Waals surface area contributed by atoms with Crippen molar-refractivity contribution in [2.75, 3.05) is 5.43 Å². The first-order chi connectivity index (χ1) is 5.24. The fourth-order valence-electron chi connectivity index (χ4n) is 0.634. The lowest BCUT2D eigenvalue weighted by Crippen LogP contribution is -1.85. The number of anilines is 1. The smallest absolute Gasteiger partial charge is 0.207 e. The van der Waals surface area contributed by atoms with Gasteiger partial charge in [0.05, 0.1) is 5.02 Å². The van der Waals surface area contributed by atoms with Crippen LogP contribution in [0.3, 0.4) is 0 Å². The van der Waals surface area contributed by atoms with E-state index < -0.39 is 5.82 Å². The van der Waals surface area contributed by atoms with Gasteiger partial charge in [-0.25, -0.2) is 4.39 Å². The summed E-state index contributed by atoms with van der Waals surface area (Å²) in [5.41, 5.74) is 2.54. The Labute approximate surface area is 67.4 Å². The highest BCUT2D eigenvalue weighted by molar-refractivity contribution is 6.33. The van der Waals surface area contributed by atoms with E-state index in [1.165, 1.54) is 12.1 Å². The molecule has 0 unspecified atom stereocenters. The average molecular weight is 173 g/mol. The van der Waals surface area contributed by atoms with Crippen LogP contribution in [0.25, 0.3) is 5.08 Å². The van der Waals surface area contributed by atoms with Crippen LogP contribution in [0.1, 0.15) is 0 Å². The Balaban J connectivity index is 3.01. The summed E-state index contributed by atoms with van der Waals surface area (Å²) in [6, 6.07) is 3.70. The minimum absolute atomic E-state index is 0.169. The Morgan fingerprint density at radius 1 is 1.55 bits per heavy atom. The van der Waals surface area contributed by atoms with E-state index >= 15 is 0 Å². The lowest BCUT2D eigenvalue weighted by molar-refractivity contribution is 0.628. The maximum Gasteiger partial charge on any atom is 0.308 e. The molecular weight excluding hydrogens is 169 g/mol. The summed E-state index contributed by atoms with van der Waals surface area (Å²) in [6.07, 6.45) is 0. The molecule has 5 heteroatoms. The van der Waals surface area contributed by atoms with Crippen LogP contribution >= 0.6 is 11.6 Å². The summed E-state index contributed by atoms with van der Waals surface area (Å²) < 4.78 is 12.4. The fraction of sp³-hybridized carbons (Fsp3) is 0. The SMILES string of the molecule is N#[N+]Nc1ccc(F)cc1Cl. The summed E-state index contributed by atoms with van der Waals surface area (Å²) in [7, 11) is 0. The minimum atomic E-state index is -0.432. The number of nitrogens with one attached hydrogen (secondary N) is 1. The molecule has 1 rings (SSSR count). The predicted molar refractivity (Wildman–Crippen MR) is 40.1 cm³/mol. The number of hydrogen-bond acceptors (Lipinski definition) is 2. The fourth-order valence-corrected chi connectivity index (χ4v) is 0.844. The van der Waals surface area contributed by atoms with Crippen LogP contribution in [-0.4, -0.2) is 0 Å². The molecule has 0 aromatic heterocycles. The number of diazo groups is 1. The molecule has 0 radical (unpaired) electrons. The van der Waals surface area contributed by atoms with Crippen LogP contribution in [0.2, 0.25) is 5.02 Å². The van der Waals surface area contributed by atoms with Gasteiger partial charge in [0.25, 0.3) is 5.39 Å². The van der Waals surface area contributed by atoms with Crippen molar-refractivity contribution in [3.63, 3.8) is 0 Å². The first-order valence-electron chi connectivity index (χ1n) is 2.79. The van der Waals surface area contributed by atoms with Crippen molar-refractivity contribution in [1.82, 2.24) is 0 Å². The molecule has 0 fully saturated rings. The molecule has 3 nitrogen and oxygen atoms in total. The quantitative estimate of drug-likeness (QED) is 0.523. The van der Waals surface area contributed by atoms with E-state index in [4.69, 9.17) is 17.0 Å². The van der Waals surface area contributed by atoms with Gasteiger partial charge in [-0.3, -0.25) is 0 Å². The first kappa shape index (κ1) is 7.76. The Bertz CT molecular complexity index is 307. The summed E-state index contributed by atoms with van der Waals surface area (Å²) in [5.74, 6) is -0.432. The summed E-state index contributed by atoms with van der Waals surface area (Å²) >= 11 is 5.53. The maximum atomic E-state index is 12.4. The van der Waals surface area contributed by atoms with Crippen molar-refractivity contribution in [2.24, 2.45) is 0 Å². The van der Waals surface area contributed by atoms with Gasteiger partial charge in [-0.2, -0.15) is 0 Å². The van der Waals surface area contributed by atoms with Crippen molar-refractivity contribution in [2.45, 2.75) is 0 Å². The Hall–Kier alpha value is -1.34. The average Bonchev–Trinajstić information content (AvgIpc) is 1.95. The number of halogens is 2. The molecule has 0 aliphatic carbocycles. The molecule has 0 heterocycles. The number of nitrogens with zero attached hydrogens (tertiary/aromatic N) is 2. The molecule has 0 amide bonds. The normalized spacial score (nSPS) is 8.82. The monoisotopic (exact) mass is 172 g/mol. The molecule has 56 valence electrons. The van der Waals surface area contributed by atoms with Gasteiger partial charge < -0.3 is 0 Å². The van der Waals surface area contributed by atoms with Crippen molar-refractivity contribution in [3.8, 4) is 0 Å². The third kappa shape index (κ3) is 1.79. The van der Waals surface area contributed by atoms with Gasteiger partial charge in [-0.1, -0.05) is 11.6 Å². The second-order valence-corrected chi connectivity index (χ2v) is 2.24. The zero-order chi connectivity index (χ0) is 8.27. The molecule has 0 aliphatic heterocycles. The van der Waals surface area contributed by atoms with E-state index in [0.29, 0.717) is 5.69 Å². The molecule has 0 atom stereocenters. The maximum absolute atomic E-state index is 12.4. The van der Waals surface area contributed by atoms with Gasteiger partial charge in [-0.15, -0.1) is 0 Å². The highest BCUT2D eigenvalue weighted by Crippen LogP contribution is 2.21. The molecular formula is C6H4ClFN3+. The van der Waals surface area contributed by atoms with Crippen molar-refractivity contribution < 1.29 is 4.39 Å². The van der Waals surface area contributed by atoms with Gasteiger partial charge in [0.2, 0.25) is 0 Å². The molecule has 0 aliphatic rings. The molecule has 0 spiro atoms.